The van der Waals surface area contributed by atoms with Crippen molar-refractivity contribution in [3.63, 3.8) is 0 Å². The van der Waals surface area contributed by atoms with E-state index in [2.05, 4.69) is 34.9 Å². The molecule has 2 aliphatic rings. The number of benzene rings is 2. The Hall–Kier alpha value is -3.35. The molecular formula is C24H26N2O5. The van der Waals surface area contributed by atoms with Crippen LogP contribution in [0, 0.1) is 5.92 Å². The molecule has 0 aromatic heterocycles. The van der Waals surface area contributed by atoms with Gasteiger partial charge in [-0.05, 0) is 41.5 Å². The van der Waals surface area contributed by atoms with Crippen LogP contribution in [0.1, 0.15) is 42.7 Å². The van der Waals surface area contributed by atoms with Gasteiger partial charge in [0, 0.05) is 17.9 Å². The number of amides is 2. The van der Waals surface area contributed by atoms with Gasteiger partial charge in [0.25, 0.3) is 0 Å². The lowest BCUT2D eigenvalue weighted by Gasteiger charge is -2.28. The van der Waals surface area contributed by atoms with Crippen LogP contribution in [-0.4, -0.2) is 42.3 Å². The molecule has 0 saturated heterocycles. The number of carbonyl (C=O) groups excluding carboxylic acids is 2. The molecule has 1 fully saturated rings. The van der Waals surface area contributed by atoms with Crippen LogP contribution >= 0.6 is 0 Å². The first-order valence-corrected chi connectivity index (χ1v) is 10.6. The molecular weight excluding hydrogens is 396 g/mol. The Kier molecular flexibility index (Phi) is 6.21. The van der Waals surface area contributed by atoms with Gasteiger partial charge in [-0.25, -0.2) is 4.79 Å². The van der Waals surface area contributed by atoms with Gasteiger partial charge in [-0.2, -0.15) is 0 Å². The minimum absolute atomic E-state index is 0.000879. The van der Waals surface area contributed by atoms with Crippen molar-refractivity contribution in [2.75, 3.05) is 13.2 Å². The molecule has 2 amide bonds. The first kappa shape index (κ1) is 20.9. The number of carboxylic acid groups (broad SMARTS) is 1. The summed E-state index contributed by atoms with van der Waals surface area (Å²) in [4.78, 5) is 35.3. The highest BCUT2D eigenvalue weighted by Crippen LogP contribution is 2.44. The molecule has 7 nitrogen and oxygen atoms in total. The maximum Gasteiger partial charge on any atom is 0.407 e. The van der Waals surface area contributed by atoms with Crippen LogP contribution in [0.2, 0.25) is 0 Å². The number of rotatable bonds is 6. The molecule has 2 aliphatic carbocycles. The molecule has 0 heterocycles. The first-order chi connectivity index (χ1) is 15.0. The zero-order valence-corrected chi connectivity index (χ0v) is 17.2. The van der Waals surface area contributed by atoms with Gasteiger partial charge in [0.05, 0.1) is 0 Å². The predicted octanol–water partition coefficient (Wildman–Crippen LogP) is 3.28. The second kappa shape index (κ2) is 9.20. The molecule has 162 valence electrons. The fourth-order valence-corrected chi connectivity index (χ4v) is 4.67. The maximum absolute atomic E-state index is 12.5. The SMILES string of the molecule is O=C(O)CNC(=O)[C@@H]1CCC[C@@H](NC(=O)OCC2c3ccccc3-c3ccccc32)C1. The zero-order chi connectivity index (χ0) is 21.8. The van der Waals surface area contributed by atoms with E-state index in [9.17, 15) is 14.4 Å². The van der Waals surface area contributed by atoms with Crippen molar-refractivity contribution in [3.05, 3.63) is 59.7 Å². The van der Waals surface area contributed by atoms with Crippen molar-refractivity contribution in [2.24, 2.45) is 5.92 Å². The Morgan fingerprint density at radius 2 is 1.61 bits per heavy atom. The number of carbonyl (C=O) groups is 3. The Morgan fingerprint density at radius 1 is 0.968 bits per heavy atom. The third-order valence-corrected chi connectivity index (χ3v) is 6.12. The molecule has 0 aliphatic heterocycles. The number of alkyl carbamates (subject to hydrolysis) is 1. The van der Waals surface area contributed by atoms with E-state index in [1.165, 1.54) is 11.1 Å². The molecule has 2 aromatic rings. The van der Waals surface area contributed by atoms with Crippen LogP contribution in [-0.2, 0) is 14.3 Å². The van der Waals surface area contributed by atoms with Gasteiger partial charge >= 0.3 is 12.1 Å². The van der Waals surface area contributed by atoms with E-state index < -0.39 is 12.1 Å². The van der Waals surface area contributed by atoms with E-state index >= 15 is 0 Å². The lowest BCUT2D eigenvalue weighted by Crippen LogP contribution is -2.43. The van der Waals surface area contributed by atoms with Crippen LogP contribution in [0.4, 0.5) is 4.79 Å². The highest BCUT2D eigenvalue weighted by atomic mass is 16.5. The van der Waals surface area contributed by atoms with E-state index in [1.54, 1.807) is 0 Å². The number of hydrogen-bond donors (Lipinski definition) is 3. The second-order valence-corrected chi connectivity index (χ2v) is 8.14. The molecule has 0 bridgehead atoms. The van der Waals surface area contributed by atoms with Crippen LogP contribution in [0.15, 0.2) is 48.5 Å². The largest absolute Gasteiger partial charge is 0.480 e. The summed E-state index contributed by atoms with van der Waals surface area (Å²) in [6, 6.07) is 16.2. The molecule has 0 radical (unpaired) electrons. The van der Waals surface area contributed by atoms with E-state index in [0.29, 0.717) is 12.8 Å². The minimum atomic E-state index is -1.07. The lowest BCUT2D eigenvalue weighted by atomic mass is 9.85. The van der Waals surface area contributed by atoms with Crippen LogP contribution in [0.5, 0.6) is 0 Å². The molecule has 0 spiro atoms. The summed E-state index contributed by atoms with van der Waals surface area (Å²) in [6.45, 7) is -0.144. The van der Waals surface area contributed by atoms with Gasteiger partial charge in [0.1, 0.15) is 13.2 Å². The standard InChI is InChI=1S/C24H26N2O5/c27-22(28)13-25-23(29)15-6-5-7-16(12-15)26-24(30)31-14-21-19-10-3-1-8-17(19)18-9-2-4-11-20(18)21/h1-4,8-11,15-16,21H,5-7,12-14H2,(H,25,29)(H,26,30)(H,27,28)/t15-,16-/m1/s1. The fraction of sp³-hybridized carbons (Fsp3) is 0.375. The van der Waals surface area contributed by atoms with Gasteiger partial charge in [0.15, 0.2) is 0 Å². The molecule has 2 aromatic carbocycles. The third-order valence-electron chi connectivity index (χ3n) is 6.12. The van der Waals surface area contributed by atoms with E-state index in [1.807, 2.05) is 24.3 Å². The summed E-state index contributed by atoms with van der Waals surface area (Å²) in [7, 11) is 0. The number of nitrogens with one attached hydrogen (secondary N) is 2. The number of carboxylic acids is 1. The Morgan fingerprint density at radius 3 is 2.26 bits per heavy atom. The summed E-state index contributed by atoms with van der Waals surface area (Å²) in [5, 5.41) is 14.0. The summed E-state index contributed by atoms with van der Waals surface area (Å²) >= 11 is 0. The van der Waals surface area contributed by atoms with Crippen molar-refractivity contribution in [1.29, 1.82) is 0 Å². The molecule has 2 atom stereocenters. The lowest BCUT2D eigenvalue weighted by molar-refractivity contribution is -0.138. The quantitative estimate of drug-likeness (QED) is 0.663. The summed E-state index contributed by atoms with van der Waals surface area (Å²) < 4.78 is 5.59. The molecule has 4 rings (SSSR count). The highest BCUT2D eigenvalue weighted by molar-refractivity contribution is 5.83. The van der Waals surface area contributed by atoms with Crippen LogP contribution in [0.3, 0.4) is 0 Å². The first-order valence-electron chi connectivity index (χ1n) is 10.6. The normalized spacial score (nSPS) is 19.7. The average molecular weight is 422 g/mol. The summed E-state index contributed by atoms with van der Waals surface area (Å²) in [5.41, 5.74) is 4.66. The number of hydrogen-bond acceptors (Lipinski definition) is 4. The van der Waals surface area contributed by atoms with Crippen LogP contribution < -0.4 is 10.6 Å². The average Bonchev–Trinajstić information content (AvgIpc) is 3.10. The molecule has 31 heavy (non-hydrogen) atoms. The Balaban J connectivity index is 1.33. The summed E-state index contributed by atoms with van der Waals surface area (Å²) in [6.07, 6.45) is 2.24. The third kappa shape index (κ3) is 4.71. The van der Waals surface area contributed by atoms with Gasteiger partial charge in [-0.1, -0.05) is 55.0 Å². The zero-order valence-electron chi connectivity index (χ0n) is 17.2. The molecule has 0 unspecified atom stereocenters. The summed E-state index contributed by atoms with van der Waals surface area (Å²) in [5.74, 6) is -1.65. The smallest absolute Gasteiger partial charge is 0.407 e. The Labute approximate surface area is 180 Å². The van der Waals surface area contributed by atoms with Gasteiger partial charge in [0.2, 0.25) is 5.91 Å². The van der Waals surface area contributed by atoms with E-state index in [0.717, 1.165) is 24.0 Å². The molecule has 3 N–H and O–H groups in total. The number of fused-ring (bicyclic) bond motifs is 3. The van der Waals surface area contributed by atoms with E-state index in [-0.39, 0.29) is 36.9 Å². The van der Waals surface area contributed by atoms with Crippen molar-refractivity contribution >= 4 is 18.0 Å². The Bertz CT molecular complexity index is 944. The molecule has 1 saturated carbocycles. The van der Waals surface area contributed by atoms with Gasteiger partial charge in [-0.15, -0.1) is 0 Å². The number of aliphatic carboxylic acids is 1. The minimum Gasteiger partial charge on any atom is -0.480 e. The van der Waals surface area contributed by atoms with Gasteiger partial charge in [-0.3, -0.25) is 9.59 Å². The van der Waals surface area contributed by atoms with E-state index in [4.69, 9.17) is 9.84 Å². The van der Waals surface area contributed by atoms with Gasteiger partial charge < -0.3 is 20.5 Å². The predicted molar refractivity (Wildman–Crippen MR) is 115 cm³/mol. The van der Waals surface area contributed by atoms with Crippen molar-refractivity contribution in [2.45, 2.75) is 37.6 Å². The van der Waals surface area contributed by atoms with Crippen LogP contribution in [0.25, 0.3) is 11.1 Å². The van der Waals surface area contributed by atoms with Crippen molar-refractivity contribution in [3.8, 4) is 11.1 Å². The van der Waals surface area contributed by atoms with Crippen molar-refractivity contribution < 1.29 is 24.2 Å². The second-order valence-electron chi connectivity index (χ2n) is 8.14. The fourth-order valence-electron chi connectivity index (χ4n) is 4.67. The maximum atomic E-state index is 12.5. The monoisotopic (exact) mass is 422 g/mol. The topological polar surface area (TPSA) is 105 Å². The highest BCUT2D eigenvalue weighted by Gasteiger charge is 2.31. The molecule has 7 heteroatoms. The van der Waals surface area contributed by atoms with Crippen molar-refractivity contribution in [1.82, 2.24) is 10.6 Å². The number of ether oxygens (including phenoxy) is 1.